The molecule has 178 valence electrons. The summed E-state index contributed by atoms with van der Waals surface area (Å²) in [7, 11) is 0. The molecule has 4 rings (SSSR count). The molecule has 0 radical (unpaired) electrons. The lowest BCUT2D eigenvalue weighted by Gasteiger charge is -2.32. The zero-order valence-corrected chi connectivity index (χ0v) is 18.2. The molecular formula is C26H23F5N2O. The Hall–Kier alpha value is -3.26. The van der Waals surface area contributed by atoms with Gasteiger partial charge in [0.05, 0.1) is 5.56 Å². The normalized spacial score (nSPS) is 15.3. The van der Waals surface area contributed by atoms with Gasteiger partial charge in [0.1, 0.15) is 0 Å². The highest BCUT2D eigenvalue weighted by molar-refractivity contribution is 5.94. The van der Waals surface area contributed by atoms with Crippen molar-refractivity contribution in [3.8, 4) is 11.1 Å². The van der Waals surface area contributed by atoms with Gasteiger partial charge < -0.3 is 5.32 Å². The number of likely N-dealkylation sites (tertiary alicyclic amines) is 1. The average molecular weight is 474 g/mol. The molecule has 0 aliphatic carbocycles. The number of halogens is 5. The summed E-state index contributed by atoms with van der Waals surface area (Å²) in [5.74, 6) is -2.15. The lowest BCUT2D eigenvalue weighted by molar-refractivity contribution is -0.137. The molecule has 1 heterocycles. The van der Waals surface area contributed by atoms with Crippen LogP contribution in [-0.4, -0.2) is 29.9 Å². The highest BCUT2D eigenvalue weighted by atomic mass is 19.4. The molecule has 1 amide bonds. The van der Waals surface area contributed by atoms with Crippen LogP contribution in [0.3, 0.4) is 0 Å². The van der Waals surface area contributed by atoms with Gasteiger partial charge in [-0.25, -0.2) is 8.78 Å². The summed E-state index contributed by atoms with van der Waals surface area (Å²) in [6.45, 7) is 2.16. The van der Waals surface area contributed by atoms with E-state index in [0.29, 0.717) is 12.1 Å². The molecule has 3 nitrogen and oxygen atoms in total. The lowest BCUT2D eigenvalue weighted by Crippen LogP contribution is -2.44. The molecule has 3 aromatic carbocycles. The Morgan fingerprint density at radius 1 is 0.882 bits per heavy atom. The number of amides is 1. The second-order valence-electron chi connectivity index (χ2n) is 8.43. The van der Waals surface area contributed by atoms with Crippen LogP contribution < -0.4 is 5.32 Å². The second-order valence-corrected chi connectivity index (χ2v) is 8.43. The smallest absolute Gasteiger partial charge is 0.349 e. The predicted molar refractivity (Wildman–Crippen MR) is 119 cm³/mol. The number of carbonyl (C=O) groups excluding carboxylic acids is 1. The molecule has 0 spiro atoms. The van der Waals surface area contributed by atoms with E-state index in [1.807, 2.05) is 24.3 Å². The molecule has 0 bridgehead atoms. The van der Waals surface area contributed by atoms with E-state index >= 15 is 0 Å². The van der Waals surface area contributed by atoms with E-state index in [9.17, 15) is 26.7 Å². The molecule has 1 N–H and O–H groups in total. The van der Waals surface area contributed by atoms with Gasteiger partial charge in [0.25, 0.3) is 5.91 Å². The quantitative estimate of drug-likeness (QED) is 0.457. The van der Waals surface area contributed by atoms with Crippen molar-refractivity contribution in [2.75, 3.05) is 13.1 Å². The number of nitrogens with zero attached hydrogens (tertiary/aromatic N) is 1. The molecule has 34 heavy (non-hydrogen) atoms. The molecule has 8 heteroatoms. The Morgan fingerprint density at radius 2 is 1.56 bits per heavy atom. The van der Waals surface area contributed by atoms with Crippen LogP contribution in [0.1, 0.15) is 34.3 Å². The molecule has 1 fully saturated rings. The van der Waals surface area contributed by atoms with Crippen molar-refractivity contribution in [3.05, 3.63) is 95.1 Å². The molecule has 1 aliphatic rings. The van der Waals surface area contributed by atoms with Crippen LogP contribution in [0.15, 0.2) is 66.7 Å². The van der Waals surface area contributed by atoms with Gasteiger partial charge in [-0.2, -0.15) is 13.2 Å². The maximum Gasteiger partial charge on any atom is 0.416 e. The maximum absolute atomic E-state index is 13.6. The molecule has 0 saturated carbocycles. The number of carbonyl (C=O) groups is 1. The minimum Gasteiger partial charge on any atom is -0.349 e. The zero-order valence-electron chi connectivity index (χ0n) is 18.2. The predicted octanol–water partition coefficient (Wildman–Crippen LogP) is 6.05. The van der Waals surface area contributed by atoms with E-state index in [1.54, 1.807) is 6.07 Å². The molecule has 0 atom stereocenters. The van der Waals surface area contributed by atoms with E-state index in [-0.39, 0.29) is 17.5 Å². The fraction of sp³-hybridized carbons (Fsp3) is 0.269. The summed E-state index contributed by atoms with van der Waals surface area (Å²) < 4.78 is 64.9. The summed E-state index contributed by atoms with van der Waals surface area (Å²) in [5.41, 5.74) is 1.85. The largest absolute Gasteiger partial charge is 0.416 e. The zero-order chi connectivity index (χ0) is 24.3. The van der Waals surface area contributed by atoms with E-state index in [2.05, 4.69) is 10.2 Å². The summed E-state index contributed by atoms with van der Waals surface area (Å²) in [6.07, 6.45) is -3.00. The van der Waals surface area contributed by atoms with Crippen molar-refractivity contribution in [3.63, 3.8) is 0 Å². The third-order valence-electron chi connectivity index (χ3n) is 5.98. The van der Waals surface area contributed by atoms with Crippen molar-refractivity contribution in [1.82, 2.24) is 10.2 Å². The standard InChI is InChI=1S/C26H23F5N2O/c27-23-9-6-20(15-24(23)28)19-3-1-2-17(14-19)16-33-12-10-22(11-13-33)32-25(34)18-4-7-21(8-5-18)26(29,30)31/h1-9,14-15,22H,10-13,16H2,(H,32,34). The highest BCUT2D eigenvalue weighted by Crippen LogP contribution is 2.29. The monoisotopic (exact) mass is 474 g/mol. The fourth-order valence-corrected chi connectivity index (χ4v) is 4.10. The first-order chi connectivity index (χ1) is 16.2. The molecule has 0 aromatic heterocycles. The van der Waals surface area contributed by atoms with Gasteiger partial charge in [-0.15, -0.1) is 0 Å². The number of piperidine rings is 1. The molecule has 1 aliphatic heterocycles. The van der Waals surface area contributed by atoms with Gasteiger partial charge in [-0.1, -0.05) is 24.3 Å². The van der Waals surface area contributed by atoms with Gasteiger partial charge in [-0.3, -0.25) is 9.69 Å². The van der Waals surface area contributed by atoms with Crippen LogP contribution >= 0.6 is 0 Å². The molecular weight excluding hydrogens is 451 g/mol. The second kappa shape index (κ2) is 9.93. The topological polar surface area (TPSA) is 32.3 Å². The molecule has 0 unspecified atom stereocenters. The van der Waals surface area contributed by atoms with Gasteiger partial charge in [0.2, 0.25) is 0 Å². The van der Waals surface area contributed by atoms with E-state index in [4.69, 9.17) is 0 Å². The van der Waals surface area contributed by atoms with Crippen molar-refractivity contribution in [2.24, 2.45) is 0 Å². The Morgan fingerprint density at radius 3 is 2.21 bits per heavy atom. The third kappa shape index (κ3) is 5.80. The van der Waals surface area contributed by atoms with Crippen LogP contribution in [0, 0.1) is 11.6 Å². The first-order valence-corrected chi connectivity index (χ1v) is 10.9. The van der Waals surface area contributed by atoms with Gasteiger partial charge in [0, 0.05) is 31.2 Å². The SMILES string of the molecule is O=C(NC1CCN(Cc2cccc(-c3ccc(F)c(F)c3)c2)CC1)c1ccc(C(F)(F)F)cc1. The Kier molecular flexibility index (Phi) is 6.97. The Balaban J connectivity index is 1.30. The number of alkyl halides is 3. The molecule has 3 aromatic rings. The minimum absolute atomic E-state index is 0.0560. The first kappa shape index (κ1) is 23.9. The number of benzene rings is 3. The number of hydrogen-bond acceptors (Lipinski definition) is 2. The van der Waals surface area contributed by atoms with Gasteiger partial charge in [0.15, 0.2) is 11.6 Å². The minimum atomic E-state index is -4.43. The summed E-state index contributed by atoms with van der Waals surface area (Å²) >= 11 is 0. The van der Waals surface area contributed by atoms with E-state index in [0.717, 1.165) is 55.3 Å². The van der Waals surface area contributed by atoms with Crippen LogP contribution in [0.5, 0.6) is 0 Å². The number of hydrogen-bond donors (Lipinski definition) is 1. The van der Waals surface area contributed by atoms with E-state index in [1.165, 1.54) is 18.2 Å². The van der Waals surface area contributed by atoms with Gasteiger partial charge in [-0.05, 0) is 72.0 Å². The van der Waals surface area contributed by atoms with Crippen molar-refractivity contribution < 1.29 is 26.7 Å². The van der Waals surface area contributed by atoms with Crippen LogP contribution in [-0.2, 0) is 12.7 Å². The van der Waals surface area contributed by atoms with Crippen molar-refractivity contribution in [2.45, 2.75) is 31.6 Å². The van der Waals surface area contributed by atoms with E-state index < -0.39 is 23.4 Å². The molecule has 1 saturated heterocycles. The number of nitrogens with one attached hydrogen (secondary N) is 1. The third-order valence-corrected chi connectivity index (χ3v) is 5.98. The fourth-order valence-electron chi connectivity index (χ4n) is 4.10. The van der Waals surface area contributed by atoms with Gasteiger partial charge >= 0.3 is 6.18 Å². The summed E-state index contributed by atoms with van der Waals surface area (Å²) in [4.78, 5) is 14.6. The van der Waals surface area contributed by atoms with Crippen LogP contribution in [0.25, 0.3) is 11.1 Å². The summed E-state index contributed by atoms with van der Waals surface area (Å²) in [6, 6.07) is 15.6. The maximum atomic E-state index is 13.6. The Labute approximate surface area is 194 Å². The van der Waals surface area contributed by atoms with Crippen molar-refractivity contribution in [1.29, 1.82) is 0 Å². The number of rotatable bonds is 5. The van der Waals surface area contributed by atoms with Crippen LogP contribution in [0.2, 0.25) is 0 Å². The van der Waals surface area contributed by atoms with Crippen molar-refractivity contribution >= 4 is 5.91 Å². The average Bonchev–Trinajstić information content (AvgIpc) is 2.82. The summed E-state index contributed by atoms with van der Waals surface area (Å²) in [5, 5.41) is 2.91. The lowest BCUT2D eigenvalue weighted by atomic mass is 10.0. The Bertz CT molecular complexity index is 1150. The first-order valence-electron chi connectivity index (χ1n) is 10.9. The van der Waals surface area contributed by atoms with Crippen LogP contribution in [0.4, 0.5) is 22.0 Å². The highest BCUT2D eigenvalue weighted by Gasteiger charge is 2.30.